The fourth-order valence-electron chi connectivity index (χ4n) is 1.96. The van der Waals surface area contributed by atoms with E-state index in [1.165, 1.54) is 0 Å². The zero-order valence-electron chi connectivity index (χ0n) is 11.0. The molecule has 19 heavy (non-hydrogen) atoms. The van der Waals surface area contributed by atoms with Gasteiger partial charge < -0.3 is 19.7 Å². The normalized spacial score (nSPS) is 16.9. The second-order valence-electron chi connectivity index (χ2n) is 5.51. The van der Waals surface area contributed by atoms with Crippen LogP contribution in [0.15, 0.2) is 28.9 Å². The molecule has 0 fully saturated rings. The average Bonchev–Trinajstić information content (AvgIpc) is 2.74. The van der Waals surface area contributed by atoms with Gasteiger partial charge in [0, 0.05) is 5.41 Å². The van der Waals surface area contributed by atoms with E-state index in [1.807, 2.05) is 18.2 Å². The number of nitrogen functional groups attached to an aromatic ring is 1. The van der Waals surface area contributed by atoms with Crippen LogP contribution in [0.1, 0.15) is 13.8 Å². The predicted molar refractivity (Wildman–Crippen MR) is 71.1 cm³/mol. The van der Waals surface area contributed by atoms with Gasteiger partial charge in [0.25, 0.3) is 0 Å². The number of benzene rings is 1. The van der Waals surface area contributed by atoms with Gasteiger partial charge in [0.1, 0.15) is 0 Å². The summed E-state index contributed by atoms with van der Waals surface area (Å²) in [7, 11) is 0. The summed E-state index contributed by atoms with van der Waals surface area (Å²) in [5.74, 6) is 1.78. The molecule has 0 bridgehead atoms. The first-order valence-corrected chi connectivity index (χ1v) is 6.15. The van der Waals surface area contributed by atoms with E-state index in [0.29, 0.717) is 19.1 Å². The lowest BCUT2D eigenvalue weighted by atomic mass is 9.97. The van der Waals surface area contributed by atoms with Gasteiger partial charge in [0.05, 0.1) is 25.0 Å². The highest BCUT2D eigenvalue weighted by Crippen LogP contribution is 2.37. The van der Waals surface area contributed by atoms with E-state index in [0.717, 1.165) is 22.6 Å². The van der Waals surface area contributed by atoms with Gasteiger partial charge >= 0.3 is 0 Å². The van der Waals surface area contributed by atoms with E-state index < -0.39 is 0 Å². The van der Waals surface area contributed by atoms with Gasteiger partial charge in [0.2, 0.25) is 5.88 Å². The molecule has 5 nitrogen and oxygen atoms in total. The van der Waals surface area contributed by atoms with Crippen LogP contribution in [0.25, 0.3) is 11.1 Å². The van der Waals surface area contributed by atoms with Crippen molar-refractivity contribution in [3.8, 4) is 22.6 Å². The molecule has 0 spiro atoms. The Labute approximate surface area is 111 Å². The Morgan fingerprint density at radius 3 is 2.58 bits per heavy atom. The summed E-state index contributed by atoms with van der Waals surface area (Å²) in [6, 6.07) is 5.71. The summed E-state index contributed by atoms with van der Waals surface area (Å²) < 4.78 is 16.5. The largest absolute Gasteiger partial charge is 0.489 e. The molecular formula is C14H16N2O3. The standard InChI is InChI=1S/C14H16N2O3/c1-14(2)7-17-11-4-3-9(5-12(11)18-8-14)10-6-16-19-13(10)15/h3-6H,7-8,15H2,1-2H3. The number of fused-ring (bicyclic) bond motifs is 1. The molecule has 1 aliphatic rings. The second kappa shape index (κ2) is 4.19. The van der Waals surface area contributed by atoms with E-state index >= 15 is 0 Å². The molecule has 0 amide bonds. The van der Waals surface area contributed by atoms with Crippen molar-refractivity contribution >= 4 is 5.88 Å². The van der Waals surface area contributed by atoms with E-state index in [1.54, 1.807) is 6.20 Å². The van der Waals surface area contributed by atoms with Gasteiger partial charge in [-0.25, -0.2) is 0 Å². The number of hydrogen-bond donors (Lipinski definition) is 1. The van der Waals surface area contributed by atoms with Crippen molar-refractivity contribution in [3.63, 3.8) is 0 Å². The minimum absolute atomic E-state index is 0.00456. The Kier molecular flexibility index (Phi) is 2.62. The lowest BCUT2D eigenvalue weighted by Gasteiger charge is -2.19. The maximum atomic E-state index is 5.83. The van der Waals surface area contributed by atoms with E-state index in [9.17, 15) is 0 Å². The van der Waals surface area contributed by atoms with Crippen LogP contribution in [0.3, 0.4) is 0 Å². The zero-order valence-corrected chi connectivity index (χ0v) is 11.0. The van der Waals surface area contributed by atoms with Crippen LogP contribution in [0, 0.1) is 5.41 Å². The van der Waals surface area contributed by atoms with Crippen LogP contribution in [-0.2, 0) is 0 Å². The maximum absolute atomic E-state index is 5.83. The highest BCUT2D eigenvalue weighted by Gasteiger charge is 2.25. The summed E-state index contributed by atoms with van der Waals surface area (Å²) in [6.45, 7) is 5.47. The molecule has 0 saturated heterocycles. The highest BCUT2D eigenvalue weighted by atomic mass is 16.5. The number of nitrogens with zero attached hydrogens (tertiary/aromatic N) is 1. The lowest BCUT2D eigenvalue weighted by Crippen LogP contribution is -2.26. The van der Waals surface area contributed by atoms with Crippen molar-refractivity contribution < 1.29 is 14.0 Å². The van der Waals surface area contributed by atoms with Crippen molar-refractivity contribution in [3.05, 3.63) is 24.4 Å². The van der Waals surface area contributed by atoms with E-state index in [4.69, 9.17) is 19.7 Å². The van der Waals surface area contributed by atoms with Crippen LogP contribution in [0.5, 0.6) is 11.5 Å². The smallest absolute Gasteiger partial charge is 0.229 e. The molecule has 0 aliphatic carbocycles. The van der Waals surface area contributed by atoms with Gasteiger partial charge in [-0.05, 0) is 17.7 Å². The third-order valence-corrected chi connectivity index (χ3v) is 3.09. The Balaban J connectivity index is 1.97. The molecule has 1 aliphatic heterocycles. The van der Waals surface area contributed by atoms with Crippen LogP contribution in [0.2, 0.25) is 0 Å². The SMILES string of the molecule is CC1(C)COc2ccc(-c3cnoc3N)cc2OC1. The number of anilines is 1. The zero-order chi connectivity index (χ0) is 13.5. The Morgan fingerprint density at radius 2 is 1.89 bits per heavy atom. The van der Waals surface area contributed by atoms with Crippen LogP contribution < -0.4 is 15.2 Å². The predicted octanol–water partition coefficient (Wildman–Crippen LogP) is 2.72. The topological polar surface area (TPSA) is 70.5 Å². The number of ether oxygens (including phenoxy) is 2. The third-order valence-electron chi connectivity index (χ3n) is 3.09. The van der Waals surface area contributed by atoms with Gasteiger partial charge in [0.15, 0.2) is 11.5 Å². The van der Waals surface area contributed by atoms with Crippen molar-refractivity contribution in [1.29, 1.82) is 0 Å². The molecule has 1 aromatic heterocycles. The first kappa shape index (κ1) is 11.9. The number of aromatic nitrogens is 1. The van der Waals surface area contributed by atoms with Crippen LogP contribution in [-0.4, -0.2) is 18.4 Å². The van der Waals surface area contributed by atoms with Gasteiger partial charge in [-0.1, -0.05) is 25.1 Å². The molecule has 2 aromatic rings. The highest BCUT2D eigenvalue weighted by molar-refractivity contribution is 5.74. The third kappa shape index (κ3) is 2.23. The van der Waals surface area contributed by atoms with Gasteiger partial charge in [-0.15, -0.1) is 0 Å². The first-order chi connectivity index (χ1) is 9.05. The lowest BCUT2D eigenvalue weighted by molar-refractivity contribution is 0.140. The van der Waals surface area contributed by atoms with Crippen LogP contribution in [0.4, 0.5) is 5.88 Å². The Hall–Kier alpha value is -2.17. The van der Waals surface area contributed by atoms with E-state index in [-0.39, 0.29) is 5.41 Å². The summed E-state index contributed by atoms with van der Waals surface area (Å²) in [5, 5.41) is 3.68. The molecule has 1 aromatic carbocycles. The van der Waals surface area contributed by atoms with Gasteiger partial charge in [-0.3, -0.25) is 0 Å². The fraction of sp³-hybridized carbons (Fsp3) is 0.357. The summed E-state index contributed by atoms with van der Waals surface area (Å²) in [5.41, 5.74) is 7.38. The van der Waals surface area contributed by atoms with Gasteiger partial charge in [-0.2, -0.15) is 0 Å². The van der Waals surface area contributed by atoms with Crippen molar-refractivity contribution in [2.75, 3.05) is 18.9 Å². The molecule has 2 heterocycles. The maximum Gasteiger partial charge on any atom is 0.229 e. The molecular weight excluding hydrogens is 244 g/mol. The Bertz CT molecular complexity index is 604. The fourth-order valence-corrected chi connectivity index (χ4v) is 1.96. The molecule has 2 N–H and O–H groups in total. The summed E-state index contributed by atoms with van der Waals surface area (Å²) in [6.07, 6.45) is 1.60. The molecule has 0 saturated carbocycles. The molecule has 3 rings (SSSR count). The van der Waals surface area contributed by atoms with Crippen molar-refractivity contribution in [2.24, 2.45) is 5.41 Å². The molecule has 0 unspecified atom stereocenters. The molecule has 100 valence electrons. The molecule has 5 heteroatoms. The first-order valence-electron chi connectivity index (χ1n) is 6.15. The average molecular weight is 260 g/mol. The second-order valence-corrected chi connectivity index (χ2v) is 5.51. The van der Waals surface area contributed by atoms with Crippen molar-refractivity contribution in [1.82, 2.24) is 5.16 Å². The van der Waals surface area contributed by atoms with Crippen molar-refractivity contribution in [2.45, 2.75) is 13.8 Å². The summed E-state index contributed by atoms with van der Waals surface area (Å²) >= 11 is 0. The summed E-state index contributed by atoms with van der Waals surface area (Å²) in [4.78, 5) is 0. The molecule has 0 radical (unpaired) electrons. The minimum Gasteiger partial charge on any atom is -0.489 e. The minimum atomic E-state index is -0.00456. The number of rotatable bonds is 1. The number of nitrogens with two attached hydrogens (primary N) is 1. The van der Waals surface area contributed by atoms with E-state index in [2.05, 4.69) is 19.0 Å². The Morgan fingerprint density at radius 1 is 1.16 bits per heavy atom. The monoisotopic (exact) mass is 260 g/mol. The van der Waals surface area contributed by atoms with Crippen LogP contribution >= 0.6 is 0 Å². The quantitative estimate of drug-likeness (QED) is 0.853. The molecule has 0 atom stereocenters. The number of hydrogen-bond acceptors (Lipinski definition) is 5.